The number of ether oxygens (including phenoxy) is 2. The number of rotatable bonds is 7. The van der Waals surface area contributed by atoms with Crippen molar-refractivity contribution in [3.8, 4) is 6.07 Å². The largest absolute Gasteiger partial charge is 0.465 e. The SMILES string of the molecule is C=CC(=O)OCCN(C)C=CC=C(C#N)C(=O)OC. The summed E-state index contributed by atoms with van der Waals surface area (Å²) in [4.78, 5) is 23.6. The molecule has 102 valence electrons. The molecule has 0 spiro atoms. The Labute approximate surface area is 112 Å². The van der Waals surface area contributed by atoms with Crippen LogP contribution in [-0.4, -0.2) is 44.1 Å². The first-order valence-electron chi connectivity index (χ1n) is 5.41. The van der Waals surface area contributed by atoms with E-state index in [2.05, 4.69) is 11.3 Å². The van der Waals surface area contributed by atoms with Gasteiger partial charge in [-0.05, 0) is 18.4 Å². The van der Waals surface area contributed by atoms with Crippen LogP contribution in [0.1, 0.15) is 0 Å². The van der Waals surface area contributed by atoms with Crippen molar-refractivity contribution >= 4 is 11.9 Å². The van der Waals surface area contributed by atoms with E-state index in [9.17, 15) is 9.59 Å². The second kappa shape index (κ2) is 9.48. The molecule has 0 heterocycles. The zero-order valence-electron chi connectivity index (χ0n) is 11.0. The van der Waals surface area contributed by atoms with E-state index in [0.29, 0.717) is 6.54 Å². The summed E-state index contributed by atoms with van der Waals surface area (Å²) in [6.45, 7) is 3.97. The van der Waals surface area contributed by atoms with Gasteiger partial charge in [-0.2, -0.15) is 5.26 Å². The molecule has 0 bridgehead atoms. The van der Waals surface area contributed by atoms with Crippen LogP contribution in [0, 0.1) is 11.3 Å². The fourth-order valence-corrected chi connectivity index (χ4v) is 0.971. The van der Waals surface area contributed by atoms with Gasteiger partial charge in [0.15, 0.2) is 0 Å². The molecule has 0 saturated carbocycles. The molecule has 0 aromatic carbocycles. The van der Waals surface area contributed by atoms with E-state index in [0.717, 1.165) is 6.08 Å². The number of methoxy groups -OCH3 is 1. The van der Waals surface area contributed by atoms with Crippen molar-refractivity contribution in [3.05, 3.63) is 36.6 Å². The van der Waals surface area contributed by atoms with E-state index in [1.54, 1.807) is 24.2 Å². The summed E-state index contributed by atoms with van der Waals surface area (Å²) in [7, 11) is 2.97. The minimum absolute atomic E-state index is 0.0924. The quantitative estimate of drug-likeness (QED) is 0.293. The Hall–Kier alpha value is -2.55. The number of hydrogen-bond donors (Lipinski definition) is 0. The third kappa shape index (κ3) is 7.39. The number of nitriles is 1. The monoisotopic (exact) mass is 264 g/mol. The highest BCUT2D eigenvalue weighted by Crippen LogP contribution is 1.96. The molecule has 0 rings (SSSR count). The average Bonchev–Trinajstić information content (AvgIpc) is 2.42. The molecule has 0 aliphatic heterocycles. The first-order valence-corrected chi connectivity index (χ1v) is 5.41. The standard InChI is InChI=1S/C13H16N2O4/c1-4-12(16)19-9-8-15(2)7-5-6-11(10-14)13(17)18-3/h4-7H,1,8-9H2,2-3H3. The molecule has 0 aliphatic rings. The number of likely N-dealkylation sites (N-methyl/N-ethyl adjacent to an activating group) is 1. The topological polar surface area (TPSA) is 79.6 Å². The van der Waals surface area contributed by atoms with Gasteiger partial charge in [-0.1, -0.05) is 6.58 Å². The van der Waals surface area contributed by atoms with Gasteiger partial charge in [-0.25, -0.2) is 9.59 Å². The molecule has 0 atom stereocenters. The highest BCUT2D eigenvalue weighted by atomic mass is 16.5. The normalized spacial score (nSPS) is 10.7. The molecule has 0 radical (unpaired) electrons. The van der Waals surface area contributed by atoms with Gasteiger partial charge in [-0.15, -0.1) is 0 Å². The Morgan fingerprint density at radius 1 is 1.47 bits per heavy atom. The maximum absolute atomic E-state index is 11.1. The van der Waals surface area contributed by atoms with Crippen LogP contribution in [0.5, 0.6) is 0 Å². The summed E-state index contributed by atoms with van der Waals surface area (Å²) in [6.07, 6.45) is 5.61. The Morgan fingerprint density at radius 2 is 2.16 bits per heavy atom. The van der Waals surface area contributed by atoms with Crippen molar-refractivity contribution in [1.29, 1.82) is 5.26 Å². The maximum atomic E-state index is 11.1. The lowest BCUT2D eigenvalue weighted by atomic mass is 10.3. The van der Waals surface area contributed by atoms with Gasteiger partial charge in [0.1, 0.15) is 18.2 Å². The van der Waals surface area contributed by atoms with E-state index >= 15 is 0 Å². The number of hydrogen-bond acceptors (Lipinski definition) is 6. The molecule has 0 saturated heterocycles. The number of allylic oxidation sites excluding steroid dienone is 2. The molecule has 0 aromatic heterocycles. The van der Waals surface area contributed by atoms with Gasteiger partial charge >= 0.3 is 11.9 Å². The molecule has 0 aliphatic carbocycles. The highest BCUT2D eigenvalue weighted by Gasteiger charge is 2.06. The van der Waals surface area contributed by atoms with Crippen LogP contribution in [0.4, 0.5) is 0 Å². The second-order valence-electron chi connectivity index (χ2n) is 3.38. The Balaban J connectivity index is 4.21. The summed E-state index contributed by atoms with van der Waals surface area (Å²) < 4.78 is 9.21. The third-order valence-corrected chi connectivity index (χ3v) is 1.98. The lowest BCUT2D eigenvalue weighted by molar-refractivity contribution is -0.138. The second-order valence-corrected chi connectivity index (χ2v) is 3.38. The summed E-state index contributed by atoms with van der Waals surface area (Å²) in [5, 5.41) is 8.69. The van der Waals surface area contributed by atoms with Gasteiger partial charge in [0.25, 0.3) is 0 Å². The summed E-state index contributed by atoms with van der Waals surface area (Å²) in [5.74, 6) is -1.16. The summed E-state index contributed by atoms with van der Waals surface area (Å²) in [5.41, 5.74) is -0.0924. The minimum Gasteiger partial charge on any atom is -0.465 e. The van der Waals surface area contributed by atoms with Crippen molar-refractivity contribution < 1.29 is 19.1 Å². The van der Waals surface area contributed by atoms with Crippen LogP contribution in [0.25, 0.3) is 0 Å². The van der Waals surface area contributed by atoms with Gasteiger partial charge < -0.3 is 14.4 Å². The van der Waals surface area contributed by atoms with Crippen LogP contribution < -0.4 is 0 Å². The van der Waals surface area contributed by atoms with Crippen LogP contribution >= 0.6 is 0 Å². The summed E-state index contributed by atoms with van der Waals surface area (Å²) in [6, 6.07) is 1.73. The molecular weight excluding hydrogens is 248 g/mol. The fourth-order valence-electron chi connectivity index (χ4n) is 0.971. The first kappa shape index (κ1) is 16.4. The molecule has 0 unspecified atom stereocenters. The minimum atomic E-state index is -0.685. The molecule has 6 nitrogen and oxygen atoms in total. The average molecular weight is 264 g/mol. The first-order chi connectivity index (χ1) is 9.04. The Morgan fingerprint density at radius 3 is 2.68 bits per heavy atom. The van der Waals surface area contributed by atoms with Crippen LogP contribution in [-0.2, 0) is 19.1 Å². The molecule has 0 aromatic rings. The van der Waals surface area contributed by atoms with Gasteiger partial charge in [0, 0.05) is 13.1 Å². The van der Waals surface area contributed by atoms with Crippen LogP contribution in [0.15, 0.2) is 36.6 Å². The number of carbonyl (C=O) groups is 2. The maximum Gasteiger partial charge on any atom is 0.348 e. The zero-order chi connectivity index (χ0) is 14.7. The molecular formula is C13H16N2O4. The van der Waals surface area contributed by atoms with Crippen molar-refractivity contribution in [1.82, 2.24) is 4.90 Å². The van der Waals surface area contributed by atoms with Crippen LogP contribution in [0.2, 0.25) is 0 Å². The molecule has 0 fully saturated rings. The van der Waals surface area contributed by atoms with E-state index in [1.165, 1.54) is 19.3 Å². The van der Waals surface area contributed by atoms with E-state index in [1.807, 2.05) is 0 Å². The van der Waals surface area contributed by atoms with Gasteiger partial charge in [-0.3, -0.25) is 0 Å². The lowest BCUT2D eigenvalue weighted by Gasteiger charge is -2.12. The molecule has 19 heavy (non-hydrogen) atoms. The molecule has 6 heteroatoms. The number of carbonyl (C=O) groups excluding carboxylic acids is 2. The Kier molecular flexibility index (Phi) is 8.21. The van der Waals surface area contributed by atoms with Gasteiger partial charge in [0.2, 0.25) is 0 Å². The van der Waals surface area contributed by atoms with Crippen molar-refractivity contribution in [2.45, 2.75) is 0 Å². The zero-order valence-corrected chi connectivity index (χ0v) is 11.0. The van der Waals surface area contributed by atoms with E-state index in [-0.39, 0.29) is 12.2 Å². The summed E-state index contributed by atoms with van der Waals surface area (Å²) >= 11 is 0. The van der Waals surface area contributed by atoms with E-state index < -0.39 is 11.9 Å². The molecule has 0 N–H and O–H groups in total. The lowest BCUT2D eigenvalue weighted by Crippen LogP contribution is -2.18. The van der Waals surface area contributed by atoms with Crippen molar-refractivity contribution in [2.24, 2.45) is 0 Å². The number of nitrogens with zero attached hydrogens (tertiary/aromatic N) is 2. The highest BCUT2D eigenvalue weighted by molar-refractivity contribution is 5.92. The Bertz CT molecular complexity index is 432. The van der Waals surface area contributed by atoms with E-state index in [4.69, 9.17) is 10.00 Å². The van der Waals surface area contributed by atoms with Crippen molar-refractivity contribution in [3.63, 3.8) is 0 Å². The predicted octanol–water partition coefficient (Wildman–Crippen LogP) is 0.784. The van der Waals surface area contributed by atoms with Gasteiger partial charge in [0.05, 0.1) is 13.7 Å². The van der Waals surface area contributed by atoms with Crippen molar-refractivity contribution in [2.75, 3.05) is 27.3 Å². The van der Waals surface area contributed by atoms with Crippen LogP contribution in [0.3, 0.4) is 0 Å². The number of esters is 2. The molecule has 0 amide bonds. The fraction of sp³-hybridized carbons (Fsp3) is 0.308. The smallest absolute Gasteiger partial charge is 0.348 e. The predicted molar refractivity (Wildman–Crippen MR) is 68.6 cm³/mol. The third-order valence-electron chi connectivity index (χ3n) is 1.98.